The summed E-state index contributed by atoms with van der Waals surface area (Å²) in [7, 11) is 0. The first-order valence-electron chi connectivity index (χ1n) is 8.48. The first-order chi connectivity index (χ1) is 11.7. The molecule has 4 rings (SSSR count). The van der Waals surface area contributed by atoms with E-state index in [0.717, 1.165) is 44.8 Å². The molecule has 0 N–H and O–H groups in total. The first-order valence-corrected chi connectivity index (χ1v) is 8.48. The minimum Gasteiger partial charge on any atom is -0.468 e. The van der Waals surface area contributed by atoms with Crippen LogP contribution >= 0.6 is 0 Å². The van der Waals surface area contributed by atoms with Gasteiger partial charge in [-0.2, -0.15) is 0 Å². The number of hydrogen-bond acceptors (Lipinski definition) is 5. The van der Waals surface area contributed by atoms with E-state index in [2.05, 4.69) is 9.88 Å². The lowest BCUT2D eigenvalue weighted by Gasteiger charge is -2.48. The highest BCUT2D eigenvalue weighted by Gasteiger charge is 2.41. The third kappa shape index (κ3) is 3.16. The average molecular weight is 331 g/mol. The maximum Gasteiger partial charge on any atom is 0.165 e. The van der Waals surface area contributed by atoms with Crippen LogP contribution in [0.4, 0.5) is 10.2 Å². The first kappa shape index (κ1) is 15.6. The zero-order chi connectivity index (χ0) is 16.4. The van der Waals surface area contributed by atoms with Gasteiger partial charge >= 0.3 is 0 Å². The molecule has 1 spiro atoms. The van der Waals surface area contributed by atoms with Crippen LogP contribution in [0, 0.1) is 5.82 Å². The molecule has 2 aliphatic heterocycles. The second-order valence-corrected chi connectivity index (χ2v) is 6.66. The van der Waals surface area contributed by atoms with Gasteiger partial charge in [0.25, 0.3) is 0 Å². The fourth-order valence-electron chi connectivity index (χ4n) is 3.82. The summed E-state index contributed by atoms with van der Waals surface area (Å²) in [5.74, 6) is 1.14. The van der Waals surface area contributed by atoms with E-state index in [9.17, 15) is 4.39 Å². The third-order valence-corrected chi connectivity index (χ3v) is 4.87. The smallest absolute Gasteiger partial charge is 0.165 e. The summed E-state index contributed by atoms with van der Waals surface area (Å²) >= 11 is 0. The van der Waals surface area contributed by atoms with Crippen LogP contribution in [0.15, 0.2) is 41.1 Å². The Hall–Kier alpha value is -1.92. The molecule has 0 radical (unpaired) electrons. The summed E-state index contributed by atoms with van der Waals surface area (Å²) in [5.41, 5.74) is -0.257. The Bertz CT molecular complexity index is 675. The van der Waals surface area contributed by atoms with Crippen molar-refractivity contribution in [3.8, 4) is 0 Å². The van der Waals surface area contributed by atoms with E-state index in [-0.39, 0.29) is 11.4 Å². The zero-order valence-corrected chi connectivity index (χ0v) is 13.7. The predicted octanol–water partition coefficient (Wildman–Crippen LogP) is 2.69. The van der Waals surface area contributed by atoms with E-state index in [1.165, 1.54) is 6.07 Å². The van der Waals surface area contributed by atoms with Crippen LogP contribution in [0.1, 0.15) is 18.6 Å². The van der Waals surface area contributed by atoms with Crippen LogP contribution in [0.3, 0.4) is 0 Å². The highest BCUT2D eigenvalue weighted by molar-refractivity contribution is 5.41. The van der Waals surface area contributed by atoms with E-state index in [0.29, 0.717) is 19.0 Å². The van der Waals surface area contributed by atoms with E-state index in [1.807, 2.05) is 17.0 Å². The van der Waals surface area contributed by atoms with Gasteiger partial charge in [-0.15, -0.1) is 0 Å². The van der Waals surface area contributed by atoms with Gasteiger partial charge in [-0.05, 0) is 37.1 Å². The van der Waals surface area contributed by atoms with Crippen molar-refractivity contribution in [3.63, 3.8) is 0 Å². The lowest BCUT2D eigenvalue weighted by molar-refractivity contribution is -0.117. The van der Waals surface area contributed by atoms with E-state index >= 15 is 0 Å². The minimum absolute atomic E-state index is 0.257. The Morgan fingerprint density at radius 3 is 3.00 bits per heavy atom. The third-order valence-electron chi connectivity index (χ3n) is 4.87. The van der Waals surface area contributed by atoms with E-state index in [1.54, 1.807) is 18.5 Å². The molecule has 5 nitrogen and oxygen atoms in total. The summed E-state index contributed by atoms with van der Waals surface area (Å²) in [5, 5.41) is 0. The molecule has 0 saturated carbocycles. The highest BCUT2D eigenvalue weighted by Crippen LogP contribution is 2.32. The van der Waals surface area contributed by atoms with Crippen molar-refractivity contribution in [3.05, 3.63) is 48.3 Å². The Morgan fingerprint density at radius 1 is 1.21 bits per heavy atom. The van der Waals surface area contributed by atoms with Crippen molar-refractivity contribution in [1.29, 1.82) is 0 Å². The number of furan rings is 1. The second-order valence-electron chi connectivity index (χ2n) is 6.66. The van der Waals surface area contributed by atoms with Crippen LogP contribution in [-0.2, 0) is 11.3 Å². The molecular weight excluding hydrogens is 309 g/mol. The maximum atomic E-state index is 14.1. The van der Waals surface area contributed by atoms with Gasteiger partial charge in [0.15, 0.2) is 11.6 Å². The highest BCUT2D eigenvalue weighted by atomic mass is 19.1. The molecule has 0 aromatic carbocycles. The molecule has 4 heterocycles. The average Bonchev–Trinajstić information content (AvgIpc) is 3.08. The van der Waals surface area contributed by atoms with Gasteiger partial charge in [0.1, 0.15) is 5.76 Å². The molecular formula is C18H22FN3O2. The molecule has 1 atom stereocenters. The number of anilines is 1. The van der Waals surface area contributed by atoms with Crippen LogP contribution in [0.5, 0.6) is 0 Å². The van der Waals surface area contributed by atoms with Gasteiger partial charge in [0.05, 0.1) is 25.0 Å². The van der Waals surface area contributed by atoms with Gasteiger partial charge in [0.2, 0.25) is 0 Å². The molecule has 24 heavy (non-hydrogen) atoms. The van der Waals surface area contributed by atoms with Gasteiger partial charge in [-0.25, -0.2) is 9.37 Å². The number of piperidine rings is 1. The van der Waals surface area contributed by atoms with Gasteiger partial charge < -0.3 is 14.1 Å². The number of nitrogens with zero attached hydrogens (tertiary/aromatic N) is 3. The van der Waals surface area contributed by atoms with Crippen molar-refractivity contribution in [2.75, 3.05) is 37.7 Å². The normalized spacial score (nSPS) is 25.3. The number of rotatable bonds is 3. The summed E-state index contributed by atoms with van der Waals surface area (Å²) in [6, 6.07) is 7.01. The lowest BCUT2D eigenvalue weighted by Crippen LogP contribution is -2.59. The van der Waals surface area contributed by atoms with Crippen LogP contribution < -0.4 is 4.90 Å². The molecule has 0 amide bonds. The number of hydrogen-bond donors (Lipinski definition) is 0. The largest absolute Gasteiger partial charge is 0.468 e. The van der Waals surface area contributed by atoms with Crippen molar-refractivity contribution >= 4 is 5.82 Å². The number of ether oxygens (including phenoxy) is 1. The fourth-order valence-corrected chi connectivity index (χ4v) is 3.82. The number of morpholine rings is 1. The lowest BCUT2D eigenvalue weighted by atomic mass is 9.90. The molecule has 1 unspecified atom stereocenters. The Balaban J connectivity index is 1.48. The molecule has 2 aromatic heterocycles. The fraction of sp³-hybridized carbons (Fsp3) is 0.500. The van der Waals surface area contributed by atoms with E-state index in [4.69, 9.17) is 9.15 Å². The maximum absolute atomic E-state index is 14.1. The van der Waals surface area contributed by atoms with Crippen molar-refractivity contribution in [1.82, 2.24) is 9.88 Å². The number of aromatic nitrogens is 1. The standard InChI is InChI=1S/C18H22FN3O2/c19-16-5-1-7-20-17(16)22-8-3-6-18(14-22)13-21(9-11-24-18)12-15-4-2-10-23-15/h1-2,4-5,7,10H,3,6,8-9,11-14H2. The summed E-state index contributed by atoms with van der Waals surface area (Å²) in [6.07, 6.45) is 5.32. The Labute approximate surface area is 141 Å². The van der Waals surface area contributed by atoms with Crippen molar-refractivity contribution < 1.29 is 13.5 Å². The molecule has 6 heteroatoms. The number of halogens is 1. The van der Waals surface area contributed by atoms with E-state index < -0.39 is 0 Å². The summed E-state index contributed by atoms with van der Waals surface area (Å²) in [6.45, 7) is 4.70. The molecule has 2 aromatic rings. The topological polar surface area (TPSA) is 41.7 Å². The summed E-state index contributed by atoms with van der Waals surface area (Å²) in [4.78, 5) is 8.61. The Morgan fingerprint density at radius 2 is 2.17 bits per heavy atom. The van der Waals surface area contributed by atoms with Crippen LogP contribution in [0.2, 0.25) is 0 Å². The van der Waals surface area contributed by atoms with Gasteiger partial charge in [-0.3, -0.25) is 4.90 Å². The zero-order valence-electron chi connectivity index (χ0n) is 13.7. The number of pyridine rings is 1. The molecule has 2 fully saturated rings. The summed E-state index contributed by atoms with van der Waals surface area (Å²) < 4.78 is 25.7. The van der Waals surface area contributed by atoms with Crippen LogP contribution in [0.25, 0.3) is 0 Å². The monoisotopic (exact) mass is 331 g/mol. The minimum atomic E-state index is -0.266. The predicted molar refractivity (Wildman–Crippen MR) is 88.3 cm³/mol. The Kier molecular flexibility index (Phi) is 4.24. The quantitative estimate of drug-likeness (QED) is 0.865. The SMILES string of the molecule is Fc1cccnc1N1CCCC2(CN(Cc3ccco3)CCO2)C1. The van der Waals surface area contributed by atoms with Gasteiger partial charge in [0, 0.05) is 32.4 Å². The van der Waals surface area contributed by atoms with Gasteiger partial charge in [-0.1, -0.05) is 0 Å². The molecule has 2 aliphatic rings. The second kappa shape index (κ2) is 6.53. The molecule has 0 bridgehead atoms. The van der Waals surface area contributed by atoms with Crippen molar-refractivity contribution in [2.24, 2.45) is 0 Å². The molecule has 128 valence electrons. The molecule has 0 aliphatic carbocycles. The van der Waals surface area contributed by atoms with Crippen molar-refractivity contribution in [2.45, 2.75) is 25.0 Å². The van der Waals surface area contributed by atoms with Crippen LogP contribution in [-0.4, -0.2) is 48.3 Å². The molecule has 2 saturated heterocycles.